The first-order chi connectivity index (χ1) is 8.67. The van der Waals surface area contributed by atoms with Gasteiger partial charge in [0.25, 0.3) is 0 Å². The predicted octanol–water partition coefficient (Wildman–Crippen LogP) is 3.33. The van der Waals surface area contributed by atoms with Crippen molar-refractivity contribution in [2.45, 2.75) is 26.2 Å². The van der Waals surface area contributed by atoms with Gasteiger partial charge >= 0.3 is 6.09 Å². The lowest BCUT2D eigenvalue weighted by Gasteiger charge is -2.09. The number of aryl methyl sites for hydroxylation is 1. The summed E-state index contributed by atoms with van der Waals surface area (Å²) in [4.78, 5) is 11.3. The van der Waals surface area contributed by atoms with Gasteiger partial charge in [-0.15, -0.1) is 0 Å². The van der Waals surface area contributed by atoms with Crippen LogP contribution in [0.3, 0.4) is 0 Å². The minimum Gasteiger partial charge on any atom is -0.450 e. The summed E-state index contributed by atoms with van der Waals surface area (Å²) in [6.45, 7) is 2.34. The smallest absolute Gasteiger partial charge is 0.411 e. The molecule has 0 saturated carbocycles. The fourth-order valence-electron chi connectivity index (χ4n) is 1.53. The van der Waals surface area contributed by atoms with Crippen LogP contribution >= 0.6 is 15.9 Å². The van der Waals surface area contributed by atoms with Crippen LogP contribution in [0.4, 0.5) is 10.5 Å². The van der Waals surface area contributed by atoms with Gasteiger partial charge in [-0.05, 0) is 59.8 Å². The van der Waals surface area contributed by atoms with Gasteiger partial charge in [0.05, 0.1) is 12.3 Å². The minimum absolute atomic E-state index is 0.226. The molecule has 1 aromatic rings. The number of aliphatic hydroxyl groups is 1. The molecule has 0 heterocycles. The standard InChI is InChI=1S/C13H18BrNO3/c1-2-18-13(17)15-12-7-6-10(9-11(12)14)5-3-4-8-16/h6-7,9,16H,2-5,8H2,1H3,(H,15,17). The van der Waals surface area contributed by atoms with Crippen molar-refractivity contribution in [3.63, 3.8) is 0 Å². The SMILES string of the molecule is CCOC(=O)Nc1ccc(CCCCO)cc1Br. The fourth-order valence-corrected chi connectivity index (χ4v) is 2.06. The van der Waals surface area contributed by atoms with E-state index in [4.69, 9.17) is 9.84 Å². The number of unbranched alkanes of at least 4 members (excludes halogenated alkanes) is 1. The number of ether oxygens (including phenoxy) is 1. The predicted molar refractivity (Wildman–Crippen MR) is 74.8 cm³/mol. The zero-order chi connectivity index (χ0) is 13.4. The molecule has 0 radical (unpaired) electrons. The lowest BCUT2D eigenvalue weighted by atomic mass is 10.1. The second-order valence-electron chi connectivity index (χ2n) is 3.84. The van der Waals surface area contributed by atoms with Gasteiger partial charge in [0.1, 0.15) is 0 Å². The Bertz CT molecular complexity index is 396. The van der Waals surface area contributed by atoms with E-state index in [1.54, 1.807) is 6.92 Å². The Hall–Kier alpha value is -1.07. The van der Waals surface area contributed by atoms with Crippen LogP contribution < -0.4 is 5.32 Å². The summed E-state index contributed by atoms with van der Waals surface area (Å²) in [6, 6.07) is 5.78. The zero-order valence-electron chi connectivity index (χ0n) is 10.4. The lowest BCUT2D eigenvalue weighted by Crippen LogP contribution is -2.13. The highest BCUT2D eigenvalue weighted by Crippen LogP contribution is 2.24. The largest absolute Gasteiger partial charge is 0.450 e. The van der Waals surface area contributed by atoms with E-state index in [-0.39, 0.29) is 6.61 Å². The first-order valence-corrected chi connectivity index (χ1v) is 6.79. The van der Waals surface area contributed by atoms with E-state index in [0.29, 0.717) is 12.3 Å². The molecule has 0 aliphatic heterocycles. The van der Waals surface area contributed by atoms with Crippen molar-refractivity contribution in [2.24, 2.45) is 0 Å². The van der Waals surface area contributed by atoms with Gasteiger partial charge in [-0.25, -0.2) is 4.79 Å². The highest BCUT2D eigenvalue weighted by atomic mass is 79.9. The van der Waals surface area contributed by atoms with Crippen LogP contribution in [0.2, 0.25) is 0 Å². The van der Waals surface area contributed by atoms with Crippen LogP contribution in [-0.4, -0.2) is 24.4 Å². The first kappa shape index (κ1) is 15.0. The summed E-state index contributed by atoms with van der Waals surface area (Å²) in [6.07, 6.45) is 2.22. The van der Waals surface area contributed by atoms with E-state index < -0.39 is 6.09 Å². The molecule has 0 aromatic heterocycles. The van der Waals surface area contributed by atoms with E-state index in [1.807, 2.05) is 18.2 Å². The molecule has 18 heavy (non-hydrogen) atoms. The Kier molecular flexibility index (Phi) is 6.75. The van der Waals surface area contributed by atoms with Crippen LogP contribution in [0.1, 0.15) is 25.3 Å². The Balaban J connectivity index is 2.59. The number of rotatable bonds is 6. The molecule has 2 N–H and O–H groups in total. The number of nitrogens with one attached hydrogen (secondary N) is 1. The van der Waals surface area contributed by atoms with E-state index in [9.17, 15) is 4.79 Å². The highest BCUT2D eigenvalue weighted by molar-refractivity contribution is 9.10. The number of hydrogen-bond acceptors (Lipinski definition) is 3. The highest BCUT2D eigenvalue weighted by Gasteiger charge is 2.06. The summed E-state index contributed by atoms with van der Waals surface area (Å²) in [5.74, 6) is 0. The summed E-state index contributed by atoms with van der Waals surface area (Å²) in [7, 11) is 0. The molecule has 4 nitrogen and oxygen atoms in total. The molecule has 0 unspecified atom stereocenters. The molecule has 0 aliphatic rings. The maximum absolute atomic E-state index is 11.3. The molecule has 0 spiro atoms. The van der Waals surface area contributed by atoms with Crippen molar-refractivity contribution >= 4 is 27.7 Å². The number of halogens is 1. The normalized spacial score (nSPS) is 10.2. The molecule has 0 fully saturated rings. The van der Waals surface area contributed by atoms with Crippen molar-refractivity contribution in [3.05, 3.63) is 28.2 Å². The van der Waals surface area contributed by atoms with Gasteiger partial charge in [0.2, 0.25) is 0 Å². The third-order valence-electron chi connectivity index (χ3n) is 2.42. The zero-order valence-corrected chi connectivity index (χ0v) is 12.0. The Morgan fingerprint density at radius 1 is 1.44 bits per heavy atom. The molecule has 0 aliphatic carbocycles. The van der Waals surface area contributed by atoms with Gasteiger partial charge in [0.15, 0.2) is 0 Å². The van der Waals surface area contributed by atoms with Crippen molar-refractivity contribution in [3.8, 4) is 0 Å². The van der Waals surface area contributed by atoms with Crippen LogP contribution in [0.25, 0.3) is 0 Å². The van der Waals surface area contributed by atoms with Gasteiger partial charge in [-0.1, -0.05) is 6.07 Å². The van der Waals surface area contributed by atoms with Gasteiger partial charge in [-0.3, -0.25) is 5.32 Å². The molecule has 1 amide bonds. The molecule has 0 atom stereocenters. The number of hydrogen-bond donors (Lipinski definition) is 2. The van der Waals surface area contributed by atoms with Crippen LogP contribution in [0.15, 0.2) is 22.7 Å². The molecule has 1 rings (SSSR count). The maximum atomic E-state index is 11.3. The van der Waals surface area contributed by atoms with Crippen molar-refractivity contribution in [2.75, 3.05) is 18.5 Å². The lowest BCUT2D eigenvalue weighted by molar-refractivity contribution is 0.168. The monoisotopic (exact) mass is 315 g/mol. The third kappa shape index (κ3) is 5.06. The van der Waals surface area contributed by atoms with Crippen molar-refractivity contribution < 1.29 is 14.6 Å². The second-order valence-corrected chi connectivity index (χ2v) is 4.69. The molecule has 100 valence electrons. The first-order valence-electron chi connectivity index (χ1n) is 6.00. The van der Waals surface area contributed by atoms with E-state index in [0.717, 1.165) is 23.7 Å². The van der Waals surface area contributed by atoms with E-state index in [2.05, 4.69) is 21.2 Å². The van der Waals surface area contributed by atoms with Gasteiger partial charge < -0.3 is 9.84 Å². The molecular formula is C13H18BrNO3. The maximum Gasteiger partial charge on any atom is 0.411 e. The topological polar surface area (TPSA) is 58.6 Å². The summed E-state index contributed by atoms with van der Waals surface area (Å²) >= 11 is 3.42. The molecule has 0 bridgehead atoms. The summed E-state index contributed by atoms with van der Waals surface area (Å²) < 4.78 is 5.64. The van der Waals surface area contributed by atoms with Gasteiger partial charge in [0, 0.05) is 11.1 Å². The van der Waals surface area contributed by atoms with Crippen LogP contribution in [-0.2, 0) is 11.2 Å². The minimum atomic E-state index is -0.453. The Labute approximate surface area is 115 Å². The number of benzene rings is 1. The average Bonchev–Trinajstić information content (AvgIpc) is 2.33. The third-order valence-corrected chi connectivity index (χ3v) is 3.08. The molecule has 1 aromatic carbocycles. The van der Waals surface area contributed by atoms with Crippen LogP contribution in [0, 0.1) is 0 Å². The summed E-state index contributed by atoms with van der Waals surface area (Å²) in [5.41, 5.74) is 1.86. The Morgan fingerprint density at radius 2 is 2.22 bits per heavy atom. The van der Waals surface area contributed by atoms with Crippen molar-refractivity contribution in [1.29, 1.82) is 0 Å². The number of anilines is 1. The number of carbonyl (C=O) groups is 1. The second kappa shape index (κ2) is 8.11. The number of aliphatic hydroxyl groups excluding tert-OH is 1. The quantitative estimate of drug-likeness (QED) is 0.792. The number of carbonyl (C=O) groups excluding carboxylic acids is 1. The number of amides is 1. The average molecular weight is 316 g/mol. The molecular weight excluding hydrogens is 298 g/mol. The van der Waals surface area contributed by atoms with E-state index >= 15 is 0 Å². The van der Waals surface area contributed by atoms with Gasteiger partial charge in [-0.2, -0.15) is 0 Å². The Morgan fingerprint density at radius 3 is 2.83 bits per heavy atom. The van der Waals surface area contributed by atoms with Crippen LogP contribution in [0.5, 0.6) is 0 Å². The summed E-state index contributed by atoms with van der Waals surface area (Å²) in [5, 5.41) is 11.4. The van der Waals surface area contributed by atoms with E-state index in [1.165, 1.54) is 5.56 Å². The molecule has 0 saturated heterocycles. The molecule has 5 heteroatoms. The van der Waals surface area contributed by atoms with Crippen molar-refractivity contribution in [1.82, 2.24) is 0 Å². The fraction of sp³-hybridized carbons (Fsp3) is 0.462.